The minimum atomic E-state index is -0.877. The van der Waals surface area contributed by atoms with E-state index in [9.17, 15) is 14.7 Å². The molecular weight excluding hydrogens is 376 g/mol. The Balaban J connectivity index is 1.43. The number of rotatable bonds is 5. The van der Waals surface area contributed by atoms with Gasteiger partial charge in [0.05, 0.1) is 12.6 Å². The smallest absolute Gasteiger partial charge is 0.255 e. The molecule has 8 nitrogen and oxygen atoms in total. The number of morpholine rings is 1. The second-order valence-corrected chi connectivity index (χ2v) is 6.85. The number of benzene rings is 2. The van der Waals surface area contributed by atoms with E-state index in [1.54, 1.807) is 47.4 Å². The third-order valence-electron chi connectivity index (χ3n) is 5.08. The number of aliphatic hydroxyl groups excluding tert-OH is 1. The van der Waals surface area contributed by atoms with Gasteiger partial charge in [-0.3, -0.25) is 9.59 Å². The van der Waals surface area contributed by atoms with Gasteiger partial charge in [-0.15, -0.1) is 0 Å². The third kappa shape index (κ3) is 3.90. The van der Waals surface area contributed by atoms with Crippen LogP contribution in [0.1, 0.15) is 28.9 Å². The lowest BCUT2D eigenvalue weighted by atomic mass is 10.00. The summed E-state index contributed by atoms with van der Waals surface area (Å²) in [6.45, 7) is 2.85. The molecule has 2 aliphatic rings. The molecule has 0 saturated carbocycles. The van der Waals surface area contributed by atoms with Gasteiger partial charge < -0.3 is 29.5 Å². The van der Waals surface area contributed by atoms with Crippen molar-refractivity contribution in [3.63, 3.8) is 0 Å². The molecule has 2 aromatic carbocycles. The Labute approximate surface area is 168 Å². The number of nitrogens with one attached hydrogen (secondary N) is 1. The summed E-state index contributed by atoms with van der Waals surface area (Å²) in [5, 5.41) is 13.5. The van der Waals surface area contributed by atoms with E-state index in [2.05, 4.69) is 5.32 Å². The van der Waals surface area contributed by atoms with Crippen molar-refractivity contribution < 1.29 is 28.9 Å². The van der Waals surface area contributed by atoms with Crippen molar-refractivity contribution in [2.45, 2.75) is 19.1 Å². The van der Waals surface area contributed by atoms with Gasteiger partial charge in [0.1, 0.15) is 12.7 Å². The Morgan fingerprint density at radius 1 is 1.21 bits per heavy atom. The van der Waals surface area contributed by atoms with Crippen molar-refractivity contribution in [3.05, 3.63) is 53.6 Å². The zero-order valence-electron chi connectivity index (χ0n) is 16.0. The second-order valence-electron chi connectivity index (χ2n) is 6.85. The summed E-state index contributed by atoms with van der Waals surface area (Å²) in [7, 11) is 0. The molecule has 0 aliphatic carbocycles. The molecule has 2 atom stereocenters. The number of hydrogen-bond acceptors (Lipinski definition) is 6. The van der Waals surface area contributed by atoms with Crippen LogP contribution in [0.3, 0.4) is 0 Å². The molecule has 8 heteroatoms. The molecular formula is C21H22N2O6. The summed E-state index contributed by atoms with van der Waals surface area (Å²) >= 11 is 0. The van der Waals surface area contributed by atoms with Crippen molar-refractivity contribution in [3.8, 4) is 11.5 Å². The minimum Gasteiger partial charge on any atom is -0.454 e. The summed E-state index contributed by atoms with van der Waals surface area (Å²) in [6.07, 6.45) is -0.877. The molecule has 4 rings (SSSR count). The second kappa shape index (κ2) is 8.10. The zero-order valence-corrected chi connectivity index (χ0v) is 16.0. The number of amides is 2. The van der Waals surface area contributed by atoms with Gasteiger partial charge in [0.15, 0.2) is 11.5 Å². The number of nitrogens with zero attached hydrogens (tertiary/aromatic N) is 1. The largest absolute Gasteiger partial charge is 0.454 e. The molecule has 2 aliphatic heterocycles. The summed E-state index contributed by atoms with van der Waals surface area (Å²) in [4.78, 5) is 26.1. The van der Waals surface area contributed by atoms with Crippen LogP contribution in [0.4, 0.5) is 5.69 Å². The Bertz CT molecular complexity index is 914. The minimum absolute atomic E-state index is 0.0435. The Hall–Kier alpha value is -3.10. The van der Waals surface area contributed by atoms with E-state index < -0.39 is 12.1 Å². The quantitative estimate of drug-likeness (QED) is 0.799. The highest BCUT2D eigenvalue weighted by molar-refractivity contribution is 6.04. The highest BCUT2D eigenvalue weighted by Crippen LogP contribution is 2.32. The van der Waals surface area contributed by atoms with E-state index in [0.717, 1.165) is 0 Å². The number of ether oxygens (including phenoxy) is 3. The van der Waals surface area contributed by atoms with Crippen LogP contribution in [0.2, 0.25) is 0 Å². The molecule has 152 valence electrons. The van der Waals surface area contributed by atoms with Crippen LogP contribution >= 0.6 is 0 Å². The molecule has 2 heterocycles. The molecule has 2 unspecified atom stereocenters. The lowest BCUT2D eigenvalue weighted by molar-refractivity contribution is -0.153. The van der Waals surface area contributed by atoms with Crippen LogP contribution < -0.4 is 14.8 Å². The normalized spacial score (nSPS) is 19.2. The first-order chi connectivity index (χ1) is 14.1. The number of likely N-dealkylation sites (N-methyl/N-ethyl adjacent to an activating group) is 1. The number of carbonyl (C=O) groups excluding carboxylic acids is 2. The van der Waals surface area contributed by atoms with Crippen LogP contribution in [-0.4, -0.2) is 54.4 Å². The maximum atomic E-state index is 12.5. The molecule has 0 spiro atoms. The summed E-state index contributed by atoms with van der Waals surface area (Å²) < 4.78 is 15.8. The number of aliphatic hydroxyl groups is 1. The number of anilines is 1. The van der Waals surface area contributed by atoms with Crippen molar-refractivity contribution in [1.29, 1.82) is 0 Å². The van der Waals surface area contributed by atoms with Gasteiger partial charge in [-0.05, 0) is 42.8 Å². The van der Waals surface area contributed by atoms with Gasteiger partial charge in [0, 0.05) is 17.8 Å². The van der Waals surface area contributed by atoms with Crippen LogP contribution in [-0.2, 0) is 9.53 Å². The van der Waals surface area contributed by atoms with Crippen molar-refractivity contribution >= 4 is 17.5 Å². The van der Waals surface area contributed by atoms with E-state index in [1.807, 2.05) is 6.92 Å². The Morgan fingerprint density at radius 2 is 1.97 bits per heavy atom. The highest BCUT2D eigenvalue weighted by atomic mass is 16.7. The van der Waals surface area contributed by atoms with Gasteiger partial charge in [0.25, 0.3) is 5.91 Å². The summed E-state index contributed by atoms with van der Waals surface area (Å²) in [5.41, 5.74) is 1.69. The Morgan fingerprint density at radius 3 is 2.72 bits per heavy atom. The molecule has 0 radical (unpaired) electrons. The number of hydrogen-bond donors (Lipinski definition) is 2. The fraction of sp³-hybridized carbons (Fsp3) is 0.333. The molecule has 0 bridgehead atoms. The standard InChI is InChI=1S/C21H22N2O6/c1-2-23-16(10-27-11-19(23)24)20(25)13-3-6-15(7-4-13)22-21(26)14-5-8-17-18(9-14)29-12-28-17/h3-9,16,20,25H,2,10-12H2,1H3,(H,22,26). The first kappa shape index (κ1) is 19.2. The van der Waals surface area contributed by atoms with Crippen molar-refractivity contribution in [2.24, 2.45) is 0 Å². The van der Waals surface area contributed by atoms with E-state index >= 15 is 0 Å². The molecule has 2 amide bonds. The summed E-state index contributed by atoms with van der Waals surface area (Å²) in [5.74, 6) is 0.752. The average molecular weight is 398 g/mol. The molecule has 2 N–H and O–H groups in total. The first-order valence-electron chi connectivity index (χ1n) is 9.43. The number of carbonyl (C=O) groups is 2. The predicted molar refractivity (Wildman–Crippen MR) is 104 cm³/mol. The van der Waals surface area contributed by atoms with E-state index in [0.29, 0.717) is 34.9 Å². The van der Waals surface area contributed by atoms with Crippen LogP contribution in [0.15, 0.2) is 42.5 Å². The highest BCUT2D eigenvalue weighted by Gasteiger charge is 2.33. The maximum absolute atomic E-state index is 12.5. The summed E-state index contributed by atoms with van der Waals surface area (Å²) in [6, 6.07) is 11.4. The topological polar surface area (TPSA) is 97.3 Å². The Kier molecular flexibility index (Phi) is 5.37. The van der Waals surface area contributed by atoms with Gasteiger partial charge in [-0.25, -0.2) is 0 Å². The fourth-order valence-electron chi connectivity index (χ4n) is 3.52. The monoisotopic (exact) mass is 398 g/mol. The molecule has 1 saturated heterocycles. The first-order valence-corrected chi connectivity index (χ1v) is 9.43. The van der Waals surface area contributed by atoms with Gasteiger partial charge >= 0.3 is 0 Å². The lowest BCUT2D eigenvalue weighted by Gasteiger charge is -2.37. The van der Waals surface area contributed by atoms with E-state index in [1.165, 1.54) is 0 Å². The average Bonchev–Trinajstić information content (AvgIpc) is 3.21. The maximum Gasteiger partial charge on any atom is 0.255 e. The molecule has 0 aromatic heterocycles. The molecule has 29 heavy (non-hydrogen) atoms. The fourth-order valence-corrected chi connectivity index (χ4v) is 3.52. The number of fused-ring (bicyclic) bond motifs is 1. The van der Waals surface area contributed by atoms with Crippen LogP contribution in [0.25, 0.3) is 0 Å². The molecule has 2 aromatic rings. The van der Waals surface area contributed by atoms with E-state index in [-0.39, 0.29) is 31.8 Å². The zero-order chi connectivity index (χ0) is 20.4. The van der Waals surface area contributed by atoms with Gasteiger partial charge in [-0.2, -0.15) is 0 Å². The lowest BCUT2D eigenvalue weighted by Crippen LogP contribution is -2.51. The van der Waals surface area contributed by atoms with Gasteiger partial charge in [0.2, 0.25) is 12.7 Å². The molecule has 1 fully saturated rings. The third-order valence-corrected chi connectivity index (χ3v) is 5.08. The van der Waals surface area contributed by atoms with Crippen molar-refractivity contribution in [1.82, 2.24) is 4.90 Å². The van der Waals surface area contributed by atoms with Crippen LogP contribution in [0, 0.1) is 0 Å². The predicted octanol–water partition coefficient (Wildman–Crippen LogP) is 1.95. The SMILES string of the molecule is CCN1C(=O)COCC1C(O)c1ccc(NC(=O)c2ccc3c(c2)OCO3)cc1. The van der Waals surface area contributed by atoms with Gasteiger partial charge in [-0.1, -0.05) is 12.1 Å². The van der Waals surface area contributed by atoms with E-state index in [4.69, 9.17) is 14.2 Å². The van der Waals surface area contributed by atoms with Crippen molar-refractivity contribution in [2.75, 3.05) is 31.9 Å². The van der Waals surface area contributed by atoms with Crippen LogP contribution in [0.5, 0.6) is 11.5 Å².